The van der Waals surface area contributed by atoms with Gasteiger partial charge in [-0.05, 0) is 75.9 Å². The molecule has 7 aliphatic heterocycles. The highest BCUT2D eigenvalue weighted by Crippen LogP contribution is 2.33. The molecule has 0 aliphatic carbocycles. The predicted molar refractivity (Wildman–Crippen MR) is 181 cm³/mol. The molecule has 0 aromatic carbocycles. The van der Waals surface area contributed by atoms with E-state index in [9.17, 15) is 0 Å². The van der Waals surface area contributed by atoms with Crippen LogP contribution in [0.2, 0.25) is 0 Å². The van der Waals surface area contributed by atoms with E-state index < -0.39 is 0 Å². The van der Waals surface area contributed by atoms with Crippen LogP contribution in [0.3, 0.4) is 0 Å². The molecule has 6 heteroatoms. The third-order valence-corrected chi connectivity index (χ3v) is 10.7. The molecule has 0 saturated carbocycles. The molecular formula is C36H72N6. The summed E-state index contributed by atoms with van der Waals surface area (Å²) in [7, 11) is 6.85. The highest BCUT2D eigenvalue weighted by Gasteiger charge is 2.41. The van der Waals surface area contributed by atoms with Gasteiger partial charge in [0.25, 0.3) is 0 Å². The summed E-state index contributed by atoms with van der Waals surface area (Å²) in [6, 6.07) is 5.05. The monoisotopic (exact) mass is 589 g/mol. The molecular weight excluding hydrogens is 516 g/mol. The van der Waals surface area contributed by atoms with Gasteiger partial charge in [0.15, 0.2) is 0 Å². The van der Waals surface area contributed by atoms with Gasteiger partial charge in [0.05, 0.1) is 0 Å². The Morgan fingerprint density at radius 1 is 0.452 bits per heavy atom. The molecule has 246 valence electrons. The smallest absolute Gasteiger partial charge is 0.0227 e. The summed E-state index contributed by atoms with van der Waals surface area (Å²) in [4.78, 5) is 15.8. The lowest BCUT2D eigenvalue weighted by Gasteiger charge is -2.51. The average molecular weight is 589 g/mol. The van der Waals surface area contributed by atoms with Gasteiger partial charge in [-0.1, -0.05) is 62.3 Å². The topological polar surface area (TPSA) is 19.4 Å². The maximum absolute atomic E-state index is 2.76. The summed E-state index contributed by atoms with van der Waals surface area (Å²) in [6.45, 7) is 32.7. The fraction of sp³-hybridized carbons (Fsp3) is 1.00. The first kappa shape index (κ1) is 34.6. The maximum atomic E-state index is 2.76. The minimum atomic E-state index is 0.454. The first-order chi connectivity index (χ1) is 19.4. The van der Waals surface area contributed by atoms with E-state index in [2.05, 4.69) is 113 Å². The molecule has 7 aliphatic rings. The normalized spacial score (nSPS) is 35.1. The van der Waals surface area contributed by atoms with Crippen molar-refractivity contribution >= 4 is 0 Å². The SMILES string of the molecule is CN1C2CCC1CN(CC(C)(C)C)C2.CN1CC2CCC(C1)N2CC(C)(C)C.CN1CC2CCC1CN2CC(C)(C)C. The second-order valence-electron chi connectivity index (χ2n) is 19.0. The van der Waals surface area contributed by atoms with E-state index in [1.165, 1.54) is 97.4 Å². The van der Waals surface area contributed by atoms with Gasteiger partial charge in [-0.2, -0.15) is 0 Å². The molecule has 0 N–H and O–H groups in total. The Kier molecular flexibility index (Phi) is 11.2. The first-order valence-electron chi connectivity index (χ1n) is 17.7. The molecule has 7 saturated heterocycles. The summed E-state index contributed by atoms with van der Waals surface area (Å²) in [5, 5.41) is 0. The molecule has 0 aromatic rings. The predicted octanol–water partition coefficient (Wildman–Crippen LogP) is 5.43. The lowest BCUT2D eigenvalue weighted by molar-refractivity contribution is -0.0216. The lowest BCUT2D eigenvalue weighted by Crippen LogP contribution is -2.62. The zero-order valence-electron chi connectivity index (χ0n) is 30.3. The number of nitrogens with zero attached hydrogens (tertiary/aromatic N) is 6. The van der Waals surface area contributed by atoms with Crippen molar-refractivity contribution in [2.75, 3.05) is 80.0 Å². The number of fused-ring (bicyclic) bond motifs is 7. The Bertz CT molecular complexity index is 806. The quantitative estimate of drug-likeness (QED) is 0.435. The molecule has 6 atom stereocenters. The molecule has 7 heterocycles. The fourth-order valence-corrected chi connectivity index (χ4v) is 8.94. The minimum absolute atomic E-state index is 0.454. The number of likely N-dealkylation sites (tertiary alicyclic amines) is 2. The van der Waals surface area contributed by atoms with Crippen LogP contribution in [0.5, 0.6) is 0 Å². The van der Waals surface area contributed by atoms with Crippen LogP contribution in [0, 0.1) is 16.2 Å². The lowest BCUT2D eigenvalue weighted by atomic mass is 9.87. The highest BCUT2D eigenvalue weighted by atomic mass is 15.3. The number of hydrogen-bond acceptors (Lipinski definition) is 6. The average Bonchev–Trinajstić information content (AvgIpc) is 3.17. The molecule has 7 fully saturated rings. The molecule has 0 amide bonds. The van der Waals surface area contributed by atoms with Crippen molar-refractivity contribution in [1.82, 2.24) is 29.4 Å². The second-order valence-corrected chi connectivity index (χ2v) is 19.0. The van der Waals surface area contributed by atoms with Crippen molar-refractivity contribution in [2.45, 2.75) is 137 Å². The summed E-state index contributed by atoms with van der Waals surface area (Å²) in [5.41, 5.74) is 1.36. The van der Waals surface area contributed by atoms with Crippen molar-refractivity contribution in [3.05, 3.63) is 0 Å². The van der Waals surface area contributed by atoms with Gasteiger partial charge >= 0.3 is 0 Å². The van der Waals surface area contributed by atoms with Crippen molar-refractivity contribution in [3.8, 4) is 0 Å². The molecule has 0 aromatic heterocycles. The van der Waals surface area contributed by atoms with Gasteiger partial charge in [-0.3, -0.25) is 19.6 Å². The Hall–Kier alpha value is -0.240. The third kappa shape index (κ3) is 9.88. The fourth-order valence-electron chi connectivity index (χ4n) is 8.94. The molecule has 0 spiro atoms. The molecule has 7 rings (SSSR count). The number of piperidine rings is 2. The zero-order chi connectivity index (χ0) is 31.0. The Balaban J connectivity index is 0.000000145. The Morgan fingerprint density at radius 2 is 0.905 bits per heavy atom. The largest absolute Gasteiger partial charge is 0.303 e. The summed E-state index contributed by atoms with van der Waals surface area (Å²) in [6.07, 6.45) is 8.52. The van der Waals surface area contributed by atoms with Crippen LogP contribution in [0.4, 0.5) is 0 Å². The maximum Gasteiger partial charge on any atom is 0.0227 e. The molecule has 0 radical (unpaired) electrons. The van der Waals surface area contributed by atoms with E-state index in [0.29, 0.717) is 16.2 Å². The highest BCUT2D eigenvalue weighted by molar-refractivity contribution is 4.97. The van der Waals surface area contributed by atoms with E-state index in [4.69, 9.17) is 0 Å². The van der Waals surface area contributed by atoms with Crippen molar-refractivity contribution in [3.63, 3.8) is 0 Å². The molecule has 6 unspecified atom stereocenters. The van der Waals surface area contributed by atoms with Crippen molar-refractivity contribution in [1.29, 1.82) is 0 Å². The number of hydrogen-bond donors (Lipinski definition) is 0. The van der Waals surface area contributed by atoms with Crippen LogP contribution in [-0.2, 0) is 0 Å². The van der Waals surface area contributed by atoms with Crippen molar-refractivity contribution < 1.29 is 0 Å². The van der Waals surface area contributed by atoms with Crippen LogP contribution in [-0.4, -0.2) is 146 Å². The van der Waals surface area contributed by atoms with E-state index in [1.807, 2.05) is 0 Å². The van der Waals surface area contributed by atoms with Crippen molar-refractivity contribution in [2.24, 2.45) is 16.2 Å². The Labute approximate surface area is 262 Å². The van der Waals surface area contributed by atoms with Crippen LogP contribution in [0.1, 0.15) is 101 Å². The Morgan fingerprint density at radius 3 is 1.33 bits per heavy atom. The third-order valence-electron chi connectivity index (χ3n) is 10.7. The number of piperazine rings is 3. The summed E-state index contributed by atoms with van der Waals surface area (Å²) in [5.74, 6) is 0. The van der Waals surface area contributed by atoms with Gasteiger partial charge in [-0.15, -0.1) is 0 Å². The van der Waals surface area contributed by atoms with E-state index >= 15 is 0 Å². The molecule has 6 nitrogen and oxygen atoms in total. The standard InChI is InChI=1S/3C12H24N2/c1-12(2,3)9-14-8-10-5-6-11(14)7-13(10)4;1-12(2,3)9-14-7-10-5-6-11(8-14)13(10)4;1-12(2,3)9-14-10-5-6-11(14)8-13(4)7-10/h3*10-11H,5-9H2,1-4H3. The zero-order valence-corrected chi connectivity index (χ0v) is 30.3. The number of likely N-dealkylation sites (N-methyl/N-ethyl adjacent to an activating group) is 3. The van der Waals surface area contributed by atoms with E-state index in [1.54, 1.807) is 0 Å². The van der Waals surface area contributed by atoms with Gasteiger partial charge in [-0.25, -0.2) is 0 Å². The first-order valence-corrected chi connectivity index (χ1v) is 17.7. The van der Waals surface area contributed by atoms with Gasteiger partial charge in [0.1, 0.15) is 0 Å². The van der Waals surface area contributed by atoms with E-state index in [-0.39, 0.29) is 0 Å². The second kappa shape index (κ2) is 13.6. The van der Waals surface area contributed by atoms with Gasteiger partial charge in [0, 0.05) is 95.2 Å². The van der Waals surface area contributed by atoms with Gasteiger partial charge < -0.3 is 9.80 Å². The molecule has 42 heavy (non-hydrogen) atoms. The van der Waals surface area contributed by atoms with Gasteiger partial charge in [0.2, 0.25) is 0 Å². The van der Waals surface area contributed by atoms with Crippen LogP contribution in [0.15, 0.2) is 0 Å². The minimum Gasteiger partial charge on any atom is -0.303 e. The van der Waals surface area contributed by atoms with Crippen LogP contribution in [0.25, 0.3) is 0 Å². The van der Waals surface area contributed by atoms with E-state index in [0.717, 1.165) is 36.3 Å². The molecule has 6 bridgehead atoms. The number of rotatable bonds is 3. The summed E-state index contributed by atoms with van der Waals surface area (Å²) < 4.78 is 0. The van der Waals surface area contributed by atoms with Crippen LogP contribution >= 0.6 is 0 Å². The van der Waals surface area contributed by atoms with Crippen LogP contribution < -0.4 is 0 Å². The summed E-state index contributed by atoms with van der Waals surface area (Å²) >= 11 is 0.